The molecule has 10 heteroatoms. The Kier molecular flexibility index (Phi) is 7.54. The van der Waals surface area contributed by atoms with Crippen LogP contribution in [0.4, 0.5) is 26.3 Å². The number of hydrogen-bond donors (Lipinski definition) is 0. The zero-order chi connectivity index (χ0) is 27.9. The number of hydrogen-bond acceptors (Lipinski definition) is 3. The van der Waals surface area contributed by atoms with E-state index in [1.54, 1.807) is 18.2 Å². The highest BCUT2D eigenvalue weighted by Gasteiger charge is 2.35. The third-order valence-corrected chi connectivity index (χ3v) is 8.73. The molecule has 0 spiro atoms. The van der Waals surface area contributed by atoms with E-state index in [2.05, 4.69) is 0 Å². The quantitative estimate of drug-likeness (QED) is 0.261. The van der Waals surface area contributed by atoms with Crippen LogP contribution >= 0.6 is 7.92 Å². The summed E-state index contributed by atoms with van der Waals surface area (Å²) in [5, 5.41) is 1.74. The molecule has 0 saturated heterocycles. The monoisotopic (exact) mass is 553 g/mol. The van der Waals surface area contributed by atoms with Crippen molar-refractivity contribution in [3.63, 3.8) is 0 Å². The Balaban J connectivity index is 1.90. The third-order valence-electron chi connectivity index (χ3n) is 6.23. The van der Waals surface area contributed by atoms with Crippen molar-refractivity contribution in [3.8, 4) is 5.75 Å². The number of benzene rings is 3. The van der Waals surface area contributed by atoms with Gasteiger partial charge in [-0.3, -0.25) is 0 Å². The van der Waals surface area contributed by atoms with Gasteiger partial charge in [0.25, 0.3) is 0 Å². The molecule has 0 amide bonds. The Morgan fingerprint density at radius 3 is 1.68 bits per heavy atom. The molecule has 3 nitrogen and oxygen atoms in total. The Bertz CT molecular complexity index is 1250. The smallest absolute Gasteiger partial charge is 0.416 e. The molecule has 0 fully saturated rings. The summed E-state index contributed by atoms with van der Waals surface area (Å²) in [5.74, 6) is 0.884. The van der Waals surface area contributed by atoms with E-state index in [1.807, 2.05) is 20.8 Å². The van der Waals surface area contributed by atoms with Crippen LogP contribution in [0.25, 0.3) is 0 Å². The van der Waals surface area contributed by atoms with E-state index in [-0.39, 0.29) is 11.5 Å². The zero-order valence-corrected chi connectivity index (χ0v) is 22.0. The standard InChI is InChI=1S/C28H26F6NO2P/c1-26(2,3)24-16-37-25(35-24)22-15-19(36-4)9-14-23(22)38(20-10-5-17(6-11-20)27(29,30)31)21-12-7-18(8-13-21)28(32,33)34/h5-15,24H,16H2,1-4H3/t24-/m1/s1. The van der Waals surface area contributed by atoms with Crippen LogP contribution in [0.2, 0.25) is 0 Å². The molecule has 4 rings (SSSR count). The Hall–Kier alpha value is -3.06. The number of nitrogens with zero attached hydrogens (tertiary/aromatic N) is 1. The molecule has 38 heavy (non-hydrogen) atoms. The summed E-state index contributed by atoms with van der Waals surface area (Å²) >= 11 is 0. The minimum Gasteiger partial charge on any atom is -0.497 e. The Morgan fingerprint density at radius 1 is 0.789 bits per heavy atom. The van der Waals surface area contributed by atoms with Gasteiger partial charge in [-0.25, -0.2) is 4.99 Å². The molecule has 0 N–H and O–H groups in total. The van der Waals surface area contributed by atoms with Crippen molar-refractivity contribution in [1.29, 1.82) is 0 Å². The summed E-state index contributed by atoms with van der Waals surface area (Å²) in [4.78, 5) is 4.78. The maximum atomic E-state index is 13.3. The molecule has 0 saturated carbocycles. The van der Waals surface area contributed by atoms with Crippen LogP contribution in [0.5, 0.6) is 5.75 Å². The molecule has 202 valence electrons. The molecule has 3 aromatic rings. The normalized spacial score (nSPS) is 16.4. The fourth-order valence-electron chi connectivity index (χ4n) is 4.00. The first-order valence-electron chi connectivity index (χ1n) is 11.7. The maximum absolute atomic E-state index is 13.3. The number of methoxy groups -OCH3 is 1. The number of halogens is 6. The van der Waals surface area contributed by atoms with E-state index in [0.717, 1.165) is 24.3 Å². The summed E-state index contributed by atoms with van der Waals surface area (Å²) in [7, 11) is -0.0876. The second-order valence-corrected chi connectivity index (χ2v) is 12.1. The van der Waals surface area contributed by atoms with Gasteiger partial charge in [-0.1, -0.05) is 45.0 Å². The first-order valence-corrected chi connectivity index (χ1v) is 13.1. The van der Waals surface area contributed by atoms with Gasteiger partial charge in [-0.2, -0.15) is 26.3 Å². The Morgan fingerprint density at radius 2 is 1.29 bits per heavy atom. The van der Waals surface area contributed by atoms with Crippen molar-refractivity contribution in [2.75, 3.05) is 13.7 Å². The number of alkyl halides is 6. The molecule has 0 radical (unpaired) electrons. The largest absolute Gasteiger partial charge is 0.497 e. The summed E-state index contributed by atoms with van der Waals surface area (Å²) in [5.41, 5.74) is -1.21. The molecule has 3 aromatic carbocycles. The average Bonchev–Trinajstić information content (AvgIpc) is 3.35. The molecule has 0 aromatic heterocycles. The van der Waals surface area contributed by atoms with Gasteiger partial charge in [0.15, 0.2) is 0 Å². The number of rotatable bonds is 5. The van der Waals surface area contributed by atoms with Crippen molar-refractivity contribution in [2.24, 2.45) is 10.4 Å². The molecular weight excluding hydrogens is 527 g/mol. The summed E-state index contributed by atoms with van der Waals surface area (Å²) < 4.78 is 90.9. The lowest BCUT2D eigenvalue weighted by Crippen LogP contribution is -2.26. The van der Waals surface area contributed by atoms with E-state index in [0.29, 0.717) is 39.7 Å². The molecule has 1 atom stereocenters. The van der Waals surface area contributed by atoms with Crippen LogP contribution in [0.3, 0.4) is 0 Å². The highest BCUT2D eigenvalue weighted by Crippen LogP contribution is 2.39. The second-order valence-electron chi connectivity index (χ2n) is 9.93. The first-order chi connectivity index (χ1) is 17.7. The minimum atomic E-state index is -4.52. The lowest BCUT2D eigenvalue weighted by Gasteiger charge is -2.23. The second kappa shape index (κ2) is 10.3. The van der Waals surface area contributed by atoms with Crippen molar-refractivity contribution in [1.82, 2.24) is 0 Å². The van der Waals surface area contributed by atoms with Gasteiger partial charge >= 0.3 is 12.4 Å². The van der Waals surface area contributed by atoms with Crippen molar-refractivity contribution < 1.29 is 35.8 Å². The molecule has 0 bridgehead atoms. The van der Waals surface area contributed by atoms with Crippen molar-refractivity contribution in [2.45, 2.75) is 39.2 Å². The number of ether oxygens (including phenoxy) is 2. The van der Waals surface area contributed by atoms with Gasteiger partial charge in [0.05, 0.1) is 24.3 Å². The van der Waals surface area contributed by atoms with Gasteiger partial charge in [0.2, 0.25) is 5.90 Å². The third kappa shape index (κ3) is 5.98. The van der Waals surface area contributed by atoms with Gasteiger partial charge in [-0.15, -0.1) is 0 Å². The summed E-state index contributed by atoms with van der Waals surface area (Å²) in [6.45, 7) is 6.47. The molecule has 1 aliphatic heterocycles. The Labute approximate surface area is 218 Å². The van der Waals surface area contributed by atoms with Crippen LogP contribution in [0, 0.1) is 5.41 Å². The van der Waals surface area contributed by atoms with Crippen molar-refractivity contribution >= 4 is 29.7 Å². The average molecular weight is 553 g/mol. The van der Waals surface area contributed by atoms with Gasteiger partial charge in [0.1, 0.15) is 12.4 Å². The number of aliphatic imine (C=N–C) groups is 1. The first kappa shape index (κ1) is 28.0. The predicted molar refractivity (Wildman–Crippen MR) is 137 cm³/mol. The molecule has 0 unspecified atom stereocenters. The van der Waals surface area contributed by atoms with Gasteiger partial charge < -0.3 is 9.47 Å². The van der Waals surface area contributed by atoms with E-state index in [9.17, 15) is 26.3 Å². The fourth-order valence-corrected chi connectivity index (χ4v) is 6.37. The highest BCUT2D eigenvalue weighted by molar-refractivity contribution is 7.80. The van der Waals surface area contributed by atoms with E-state index < -0.39 is 31.4 Å². The van der Waals surface area contributed by atoms with E-state index >= 15 is 0 Å². The highest BCUT2D eigenvalue weighted by atomic mass is 31.1. The minimum absolute atomic E-state index is 0.125. The molecule has 1 heterocycles. The summed E-state index contributed by atoms with van der Waals surface area (Å²) in [6.07, 6.45) is -9.04. The van der Waals surface area contributed by atoms with Crippen LogP contribution in [-0.2, 0) is 17.1 Å². The molecule has 1 aliphatic rings. The SMILES string of the molecule is COc1ccc(P(c2ccc(C(F)(F)F)cc2)c2ccc(C(F)(F)F)cc2)c(C2=N[C@@H](C(C)(C)C)CO2)c1. The molecule has 0 aliphatic carbocycles. The molecular formula is C28H26F6NO2P. The van der Waals surface area contributed by atoms with Crippen molar-refractivity contribution in [3.05, 3.63) is 83.4 Å². The van der Waals surface area contributed by atoms with Crippen LogP contribution in [0.1, 0.15) is 37.5 Å². The predicted octanol–water partition coefficient (Wildman–Crippen LogP) is 6.68. The van der Waals surface area contributed by atoms with Gasteiger partial charge in [-0.05, 0) is 71.7 Å². The van der Waals surface area contributed by atoms with Crippen LogP contribution in [0.15, 0.2) is 71.7 Å². The summed E-state index contributed by atoms with van der Waals surface area (Å²) in [6, 6.07) is 14.5. The lowest BCUT2D eigenvalue weighted by atomic mass is 9.88. The van der Waals surface area contributed by atoms with Gasteiger partial charge in [0, 0.05) is 5.56 Å². The lowest BCUT2D eigenvalue weighted by molar-refractivity contribution is -0.138. The van der Waals surface area contributed by atoms with E-state index in [4.69, 9.17) is 14.5 Å². The van der Waals surface area contributed by atoms with Crippen LogP contribution < -0.4 is 20.7 Å². The maximum Gasteiger partial charge on any atom is 0.416 e. The topological polar surface area (TPSA) is 30.8 Å². The van der Waals surface area contributed by atoms with E-state index in [1.165, 1.54) is 31.4 Å². The van der Waals surface area contributed by atoms with Crippen LogP contribution in [-0.4, -0.2) is 25.7 Å². The zero-order valence-electron chi connectivity index (χ0n) is 21.1. The fraction of sp³-hybridized carbons (Fsp3) is 0.321.